The van der Waals surface area contributed by atoms with Gasteiger partial charge >= 0.3 is 13.1 Å². The summed E-state index contributed by atoms with van der Waals surface area (Å²) in [4.78, 5) is 14.0. The third-order valence-corrected chi connectivity index (χ3v) is 3.33. The molecule has 1 aliphatic heterocycles. The van der Waals surface area contributed by atoms with Crippen molar-refractivity contribution in [2.45, 2.75) is 33.2 Å². The van der Waals surface area contributed by atoms with E-state index < -0.39 is 13.0 Å². The molecule has 0 aromatic rings. The van der Waals surface area contributed by atoms with Crippen LogP contribution in [0.1, 0.15) is 27.2 Å². The number of nitrogens with zero attached hydrogens (tertiary/aromatic N) is 2. The number of esters is 1. The van der Waals surface area contributed by atoms with E-state index in [1.807, 2.05) is 18.7 Å². The van der Waals surface area contributed by atoms with Crippen molar-refractivity contribution in [1.29, 1.82) is 0 Å². The third kappa shape index (κ3) is 3.36. The minimum absolute atomic E-state index is 0.139. The average molecular weight is 269 g/mol. The van der Waals surface area contributed by atoms with Crippen LogP contribution in [0.2, 0.25) is 0 Å². The monoisotopic (exact) mass is 269 g/mol. The highest BCUT2D eigenvalue weighted by Crippen LogP contribution is 2.20. The zero-order valence-electron chi connectivity index (χ0n) is 12.2. The van der Waals surface area contributed by atoms with Crippen molar-refractivity contribution >= 4 is 18.9 Å². The van der Waals surface area contributed by atoms with Crippen molar-refractivity contribution in [2.75, 3.05) is 20.1 Å². The van der Waals surface area contributed by atoms with Crippen LogP contribution in [0.3, 0.4) is 0 Å². The molecule has 1 atom stereocenters. The van der Waals surface area contributed by atoms with Crippen LogP contribution < -0.4 is 0 Å². The van der Waals surface area contributed by atoms with Gasteiger partial charge in [0.1, 0.15) is 6.44 Å². The zero-order chi connectivity index (χ0) is 14.6. The van der Waals surface area contributed by atoms with Gasteiger partial charge in [0.25, 0.3) is 0 Å². The number of halogens is 1. The maximum Gasteiger partial charge on any atom is 0.619 e. The van der Waals surface area contributed by atoms with Crippen LogP contribution in [-0.2, 0) is 9.53 Å². The first-order chi connectivity index (χ1) is 8.93. The number of rotatable bonds is 6. The summed E-state index contributed by atoms with van der Waals surface area (Å²) in [5.41, 5.74) is 0. The fourth-order valence-electron chi connectivity index (χ4n) is 2.36. The Balaban J connectivity index is 3.10. The molecule has 0 saturated carbocycles. The molecule has 0 amide bonds. The SMILES string of the molecule is C=CCC(C(=O)OCC)C1=[N+](C)B(F)CN1C(C)C. The first kappa shape index (κ1) is 15.7. The summed E-state index contributed by atoms with van der Waals surface area (Å²) in [5, 5.41) is 0. The van der Waals surface area contributed by atoms with Gasteiger partial charge in [0.15, 0.2) is 5.92 Å². The minimum atomic E-state index is -1.08. The second-order valence-corrected chi connectivity index (χ2v) is 4.98. The lowest BCUT2D eigenvalue weighted by Gasteiger charge is -2.22. The number of carbonyl (C=O) groups is 1. The maximum atomic E-state index is 13.9. The summed E-state index contributed by atoms with van der Waals surface area (Å²) < 4.78 is 20.5. The Morgan fingerprint density at radius 3 is 2.79 bits per heavy atom. The van der Waals surface area contributed by atoms with E-state index in [2.05, 4.69) is 6.58 Å². The van der Waals surface area contributed by atoms with Gasteiger partial charge in [-0.1, -0.05) is 6.08 Å². The number of hydrogen-bond acceptors (Lipinski definition) is 3. The molecule has 0 fully saturated rings. The van der Waals surface area contributed by atoms with Crippen molar-refractivity contribution in [2.24, 2.45) is 5.92 Å². The van der Waals surface area contributed by atoms with E-state index in [1.54, 1.807) is 20.0 Å². The second kappa shape index (κ2) is 6.73. The van der Waals surface area contributed by atoms with Crippen molar-refractivity contribution in [3.8, 4) is 0 Å². The van der Waals surface area contributed by atoms with Crippen LogP contribution in [0.4, 0.5) is 4.32 Å². The Kier molecular flexibility index (Phi) is 5.57. The molecule has 0 aliphatic carbocycles. The molecule has 0 aromatic heterocycles. The van der Waals surface area contributed by atoms with Crippen molar-refractivity contribution in [1.82, 2.24) is 4.90 Å². The molecule has 0 radical (unpaired) electrons. The van der Waals surface area contributed by atoms with Gasteiger partial charge < -0.3 is 4.74 Å². The molecular weight excluding hydrogens is 246 g/mol. The van der Waals surface area contributed by atoms with Crippen molar-refractivity contribution in [3.63, 3.8) is 0 Å². The van der Waals surface area contributed by atoms with Crippen LogP contribution in [0.15, 0.2) is 12.7 Å². The molecule has 0 N–H and O–H groups in total. The lowest BCUT2D eigenvalue weighted by Crippen LogP contribution is -2.43. The first-order valence-corrected chi connectivity index (χ1v) is 6.71. The van der Waals surface area contributed by atoms with E-state index in [1.165, 1.54) is 4.49 Å². The zero-order valence-corrected chi connectivity index (χ0v) is 12.2. The molecule has 0 spiro atoms. The van der Waals surface area contributed by atoms with Crippen molar-refractivity contribution in [3.05, 3.63) is 12.7 Å². The highest BCUT2D eigenvalue weighted by molar-refractivity contribution is 6.45. The minimum Gasteiger partial charge on any atom is -0.465 e. The normalized spacial score (nSPS) is 17.2. The third-order valence-electron chi connectivity index (χ3n) is 3.33. The van der Waals surface area contributed by atoms with Crippen LogP contribution >= 0.6 is 0 Å². The standard InChI is InChI=1S/C13H23BFN2O2/c1-6-8-11(13(18)19-7-2)12-16(5)14(15)9-17(12)10(3)4/h6,10-11H,1,7-9H2,2-5H3/q+1. The maximum absolute atomic E-state index is 13.9. The van der Waals surface area contributed by atoms with Gasteiger partial charge in [-0.05, 0) is 27.2 Å². The van der Waals surface area contributed by atoms with E-state index in [4.69, 9.17) is 4.74 Å². The summed E-state index contributed by atoms with van der Waals surface area (Å²) in [5.74, 6) is -0.101. The summed E-state index contributed by atoms with van der Waals surface area (Å²) in [6, 6.07) is 0.139. The van der Waals surface area contributed by atoms with Gasteiger partial charge in [-0.2, -0.15) is 0 Å². The number of carbonyl (C=O) groups excluding carboxylic acids is 1. The number of ether oxygens (including phenoxy) is 1. The molecule has 1 rings (SSSR count). The summed E-state index contributed by atoms with van der Waals surface area (Å²) >= 11 is 0. The van der Waals surface area contributed by atoms with Crippen LogP contribution in [0, 0.1) is 5.92 Å². The van der Waals surface area contributed by atoms with E-state index in [9.17, 15) is 9.11 Å². The number of amidine groups is 1. The largest absolute Gasteiger partial charge is 0.619 e. The van der Waals surface area contributed by atoms with E-state index in [0.29, 0.717) is 18.9 Å². The summed E-state index contributed by atoms with van der Waals surface area (Å²) in [6.07, 6.45) is 2.41. The Labute approximate surface area is 115 Å². The molecule has 1 heterocycles. The molecule has 0 bridgehead atoms. The highest BCUT2D eigenvalue weighted by Gasteiger charge is 2.48. The Bertz CT molecular complexity index is 385. The van der Waals surface area contributed by atoms with Gasteiger partial charge in [0.2, 0.25) is 5.84 Å². The summed E-state index contributed by atoms with van der Waals surface area (Å²) in [6.45, 7) is 9.74. The van der Waals surface area contributed by atoms with E-state index >= 15 is 0 Å². The Morgan fingerprint density at radius 1 is 1.68 bits per heavy atom. The summed E-state index contributed by atoms with van der Waals surface area (Å²) in [7, 11) is 0.594. The lowest BCUT2D eigenvalue weighted by atomic mass is 9.88. The van der Waals surface area contributed by atoms with E-state index in [-0.39, 0.29) is 18.5 Å². The van der Waals surface area contributed by atoms with Gasteiger partial charge in [0, 0.05) is 0 Å². The van der Waals surface area contributed by atoms with Gasteiger partial charge in [0.05, 0.1) is 19.7 Å². The Morgan fingerprint density at radius 2 is 2.32 bits per heavy atom. The average Bonchev–Trinajstić information content (AvgIpc) is 2.64. The van der Waals surface area contributed by atoms with Gasteiger partial charge in [-0.3, -0.25) is 18.5 Å². The number of allylic oxidation sites excluding steroid dienone is 1. The lowest BCUT2D eigenvalue weighted by molar-refractivity contribution is -0.363. The highest BCUT2D eigenvalue weighted by atomic mass is 19.1. The van der Waals surface area contributed by atoms with Crippen LogP contribution in [0.5, 0.6) is 0 Å². The van der Waals surface area contributed by atoms with Gasteiger partial charge in [-0.15, -0.1) is 6.58 Å². The molecule has 1 aliphatic rings. The van der Waals surface area contributed by atoms with E-state index in [0.717, 1.165) is 0 Å². The fraction of sp³-hybridized carbons (Fsp3) is 0.692. The van der Waals surface area contributed by atoms with Gasteiger partial charge in [-0.25, -0.2) is 0 Å². The topological polar surface area (TPSA) is 32.6 Å². The molecule has 6 heteroatoms. The Hall–Kier alpha value is -1.33. The second-order valence-electron chi connectivity index (χ2n) is 4.98. The predicted octanol–water partition coefficient (Wildman–Crippen LogP) is 1.50. The molecule has 19 heavy (non-hydrogen) atoms. The molecular formula is C13H23BFN2O2+. The quantitative estimate of drug-likeness (QED) is 0.416. The fourth-order valence-corrected chi connectivity index (χ4v) is 2.36. The smallest absolute Gasteiger partial charge is 0.465 e. The predicted molar refractivity (Wildman–Crippen MR) is 74.8 cm³/mol. The van der Waals surface area contributed by atoms with Crippen molar-refractivity contribution < 1.29 is 18.3 Å². The van der Waals surface area contributed by atoms with Crippen LogP contribution in [-0.4, -0.2) is 54.5 Å². The van der Waals surface area contributed by atoms with Crippen LogP contribution in [0.25, 0.3) is 0 Å². The molecule has 106 valence electrons. The first-order valence-electron chi connectivity index (χ1n) is 6.71. The molecule has 1 unspecified atom stereocenters. The molecule has 0 aromatic carbocycles. The molecule has 4 nitrogen and oxygen atoms in total. The molecule has 0 saturated heterocycles. The number of hydrogen-bond donors (Lipinski definition) is 0.